The lowest BCUT2D eigenvalue weighted by Gasteiger charge is -2.13. The Labute approximate surface area is 83.3 Å². The maximum atomic E-state index is 8.93. The summed E-state index contributed by atoms with van der Waals surface area (Å²) in [6, 6.07) is 9.94. The van der Waals surface area contributed by atoms with E-state index < -0.39 is 0 Å². The number of ether oxygens (including phenoxy) is 1. The lowest BCUT2D eigenvalue weighted by Crippen LogP contribution is -2.18. The first-order valence-electron chi connectivity index (χ1n) is 4.62. The van der Waals surface area contributed by atoms with E-state index >= 15 is 0 Å². The zero-order valence-electron chi connectivity index (χ0n) is 8.08. The predicted octanol–water partition coefficient (Wildman–Crippen LogP) is 2.16. The molecule has 0 spiro atoms. The first kappa shape index (κ1) is 8.89. The smallest absolute Gasteiger partial charge is 0.141 e. The van der Waals surface area contributed by atoms with E-state index in [-0.39, 0.29) is 5.54 Å². The molecular formula is C11H12N2O. The van der Waals surface area contributed by atoms with E-state index in [4.69, 9.17) is 10.00 Å². The second-order valence-corrected chi connectivity index (χ2v) is 3.52. The van der Waals surface area contributed by atoms with Gasteiger partial charge in [-0.2, -0.15) is 5.26 Å². The summed E-state index contributed by atoms with van der Waals surface area (Å²) in [6.07, 6.45) is 1.84. The van der Waals surface area contributed by atoms with Crippen molar-refractivity contribution in [1.29, 1.82) is 5.26 Å². The summed E-state index contributed by atoms with van der Waals surface area (Å²) in [7, 11) is 1.63. The molecule has 2 rings (SSSR count). The number of rotatable bonds is 3. The normalized spacial score (nSPS) is 16.9. The van der Waals surface area contributed by atoms with Crippen LogP contribution in [0.25, 0.3) is 0 Å². The second kappa shape index (κ2) is 3.22. The van der Waals surface area contributed by atoms with Gasteiger partial charge in [0.25, 0.3) is 0 Å². The number of hydrogen-bond donors (Lipinski definition) is 1. The van der Waals surface area contributed by atoms with Crippen molar-refractivity contribution in [1.82, 2.24) is 0 Å². The van der Waals surface area contributed by atoms with E-state index in [2.05, 4.69) is 11.4 Å². The van der Waals surface area contributed by atoms with Gasteiger partial charge >= 0.3 is 0 Å². The van der Waals surface area contributed by atoms with Gasteiger partial charge in [0.2, 0.25) is 0 Å². The molecule has 1 saturated carbocycles. The van der Waals surface area contributed by atoms with E-state index in [1.54, 1.807) is 7.11 Å². The largest absolute Gasteiger partial charge is 0.495 e. The van der Waals surface area contributed by atoms with Crippen molar-refractivity contribution in [2.24, 2.45) is 0 Å². The number of nitrogens with one attached hydrogen (secondary N) is 1. The third-order valence-corrected chi connectivity index (χ3v) is 2.44. The van der Waals surface area contributed by atoms with Crippen molar-refractivity contribution >= 4 is 5.69 Å². The minimum absolute atomic E-state index is 0.339. The molecule has 0 aromatic heterocycles. The van der Waals surface area contributed by atoms with Crippen LogP contribution in [0.5, 0.6) is 5.75 Å². The molecule has 1 aliphatic carbocycles. The van der Waals surface area contributed by atoms with Crippen LogP contribution >= 0.6 is 0 Å². The highest BCUT2D eigenvalue weighted by Crippen LogP contribution is 2.40. The molecule has 0 saturated heterocycles. The fraction of sp³-hybridized carbons (Fsp3) is 0.364. The summed E-state index contributed by atoms with van der Waals surface area (Å²) < 4.78 is 5.19. The fourth-order valence-electron chi connectivity index (χ4n) is 1.40. The highest BCUT2D eigenvalue weighted by Gasteiger charge is 2.43. The molecule has 0 radical (unpaired) electrons. The molecule has 1 aliphatic rings. The SMILES string of the molecule is COc1ccccc1NC1(C#N)CC1. The van der Waals surface area contributed by atoms with Crippen LogP contribution in [0.3, 0.4) is 0 Å². The highest BCUT2D eigenvalue weighted by atomic mass is 16.5. The van der Waals surface area contributed by atoms with Gasteiger partial charge in [0.05, 0.1) is 18.9 Å². The molecular weight excluding hydrogens is 176 g/mol. The standard InChI is InChI=1S/C11H12N2O/c1-14-10-5-3-2-4-9(10)13-11(8-12)6-7-11/h2-5,13H,6-7H2,1H3. The molecule has 1 aromatic carbocycles. The molecule has 3 heteroatoms. The Morgan fingerprint density at radius 3 is 2.71 bits per heavy atom. The summed E-state index contributed by atoms with van der Waals surface area (Å²) in [5.74, 6) is 0.786. The number of benzene rings is 1. The molecule has 3 nitrogen and oxygen atoms in total. The van der Waals surface area contributed by atoms with Crippen LogP contribution in [0.4, 0.5) is 5.69 Å². The number of nitrogens with zero attached hydrogens (tertiary/aromatic N) is 1. The van der Waals surface area contributed by atoms with Crippen molar-refractivity contribution in [2.75, 3.05) is 12.4 Å². The minimum atomic E-state index is -0.339. The fourth-order valence-corrected chi connectivity index (χ4v) is 1.40. The Hall–Kier alpha value is -1.69. The minimum Gasteiger partial charge on any atom is -0.495 e. The third-order valence-electron chi connectivity index (χ3n) is 2.44. The van der Waals surface area contributed by atoms with Crippen LogP contribution in [0, 0.1) is 11.3 Å². The van der Waals surface area contributed by atoms with Crippen molar-refractivity contribution in [3.05, 3.63) is 24.3 Å². The monoisotopic (exact) mass is 188 g/mol. The molecule has 1 aromatic rings. The zero-order valence-corrected chi connectivity index (χ0v) is 8.08. The van der Waals surface area contributed by atoms with Crippen LogP contribution in [-0.4, -0.2) is 12.6 Å². The summed E-state index contributed by atoms with van der Waals surface area (Å²) in [5.41, 5.74) is 0.559. The molecule has 0 heterocycles. The number of hydrogen-bond acceptors (Lipinski definition) is 3. The lowest BCUT2D eigenvalue weighted by molar-refractivity contribution is 0.416. The van der Waals surface area contributed by atoms with Gasteiger partial charge < -0.3 is 10.1 Å². The van der Waals surface area contributed by atoms with Crippen LogP contribution in [0.15, 0.2) is 24.3 Å². The quantitative estimate of drug-likeness (QED) is 0.790. The van der Waals surface area contributed by atoms with Crippen molar-refractivity contribution < 1.29 is 4.74 Å². The van der Waals surface area contributed by atoms with Gasteiger partial charge in [0.15, 0.2) is 0 Å². The molecule has 72 valence electrons. The lowest BCUT2D eigenvalue weighted by atomic mass is 10.2. The second-order valence-electron chi connectivity index (χ2n) is 3.52. The van der Waals surface area contributed by atoms with Crippen LogP contribution < -0.4 is 10.1 Å². The van der Waals surface area contributed by atoms with Gasteiger partial charge in [-0.25, -0.2) is 0 Å². The summed E-state index contributed by atoms with van der Waals surface area (Å²) >= 11 is 0. The average Bonchev–Trinajstić information content (AvgIpc) is 2.99. The number of methoxy groups -OCH3 is 1. The van der Waals surface area contributed by atoms with E-state index in [1.807, 2.05) is 24.3 Å². The zero-order chi connectivity index (χ0) is 10.0. The summed E-state index contributed by atoms with van der Waals surface area (Å²) in [5, 5.41) is 12.1. The van der Waals surface area contributed by atoms with Gasteiger partial charge in [-0.3, -0.25) is 0 Å². The molecule has 0 aliphatic heterocycles. The Bertz CT molecular complexity index is 377. The Balaban J connectivity index is 2.21. The molecule has 0 unspecified atom stereocenters. The highest BCUT2D eigenvalue weighted by molar-refractivity contribution is 5.60. The molecule has 1 fully saturated rings. The maximum absolute atomic E-state index is 8.93. The van der Waals surface area contributed by atoms with Crippen LogP contribution in [-0.2, 0) is 0 Å². The molecule has 14 heavy (non-hydrogen) atoms. The topological polar surface area (TPSA) is 45.0 Å². The molecule has 0 atom stereocenters. The number of anilines is 1. The van der Waals surface area contributed by atoms with Gasteiger partial charge in [-0.1, -0.05) is 12.1 Å². The average molecular weight is 188 g/mol. The first-order valence-corrected chi connectivity index (χ1v) is 4.62. The molecule has 0 bridgehead atoms. The van der Waals surface area contributed by atoms with Gasteiger partial charge in [0, 0.05) is 0 Å². The molecule has 0 amide bonds. The maximum Gasteiger partial charge on any atom is 0.141 e. The Kier molecular flexibility index (Phi) is 2.05. The van der Waals surface area contributed by atoms with Gasteiger partial charge in [-0.05, 0) is 25.0 Å². The first-order chi connectivity index (χ1) is 6.79. The molecule has 1 N–H and O–H groups in total. The Morgan fingerprint density at radius 1 is 1.43 bits per heavy atom. The van der Waals surface area contributed by atoms with Crippen LogP contribution in [0.1, 0.15) is 12.8 Å². The Morgan fingerprint density at radius 2 is 2.14 bits per heavy atom. The van der Waals surface area contributed by atoms with Crippen molar-refractivity contribution in [3.8, 4) is 11.8 Å². The van der Waals surface area contributed by atoms with E-state index in [1.165, 1.54) is 0 Å². The van der Waals surface area contributed by atoms with E-state index in [0.29, 0.717) is 0 Å². The summed E-state index contributed by atoms with van der Waals surface area (Å²) in [4.78, 5) is 0. The van der Waals surface area contributed by atoms with Crippen molar-refractivity contribution in [3.63, 3.8) is 0 Å². The van der Waals surface area contributed by atoms with Crippen molar-refractivity contribution in [2.45, 2.75) is 18.4 Å². The number of para-hydroxylation sites is 2. The van der Waals surface area contributed by atoms with E-state index in [9.17, 15) is 0 Å². The van der Waals surface area contributed by atoms with Crippen LogP contribution in [0.2, 0.25) is 0 Å². The summed E-state index contributed by atoms with van der Waals surface area (Å²) in [6.45, 7) is 0. The third kappa shape index (κ3) is 1.51. The van der Waals surface area contributed by atoms with Gasteiger partial charge in [-0.15, -0.1) is 0 Å². The van der Waals surface area contributed by atoms with E-state index in [0.717, 1.165) is 24.3 Å². The predicted molar refractivity (Wildman–Crippen MR) is 54.2 cm³/mol. The van der Waals surface area contributed by atoms with Gasteiger partial charge in [0.1, 0.15) is 11.3 Å². The number of nitriles is 1.